The van der Waals surface area contributed by atoms with Gasteiger partial charge in [-0.3, -0.25) is 9.69 Å². The monoisotopic (exact) mass is 337 g/mol. The molecular formula is C19H23N5O. The molecule has 2 heterocycles. The van der Waals surface area contributed by atoms with E-state index in [9.17, 15) is 10.1 Å². The summed E-state index contributed by atoms with van der Waals surface area (Å²) in [5.41, 5.74) is 1.60. The lowest BCUT2D eigenvalue weighted by Crippen LogP contribution is -2.42. The molecule has 0 radical (unpaired) electrons. The van der Waals surface area contributed by atoms with Crippen LogP contribution >= 0.6 is 0 Å². The zero-order valence-electron chi connectivity index (χ0n) is 14.4. The van der Waals surface area contributed by atoms with E-state index in [4.69, 9.17) is 0 Å². The Labute approximate surface area is 148 Å². The van der Waals surface area contributed by atoms with E-state index in [1.165, 1.54) is 0 Å². The summed E-state index contributed by atoms with van der Waals surface area (Å²) >= 11 is 0. The standard InChI is InChI=1S/C19H23N5O/c1-15-7-9-23(10-8-15)14-19(25)22-18(11-20)16-12-21-24(13-16)17-5-3-2-4-6-17/h2-6,12-13,15,18H,7-10,14H2,1H3,(H,22,25). The third kappa shape index (κ3) is 4.46. The Balaban J connectivity index is 1.60. The van der Waals surface area contributed by atoms with Crippen molar-refractivity contribution in [2.75, 3.05) is 19.6 Å². The molecule has 6 heteroatoms. The van der Waals surface area contributed by atoms with Gasteiger partial charge in [-0.15, -0.1) is 0 Å². The van der Waals surface area contributed by atoms with Crippen molar-refractivity contribution in [2.24, 2.45) is 5.92 Å². The molecule has 130 valence electrons. The van der Waals surface area contributed by atoms with Crippen LogP contribution < -0.4 is 5.32 Å². The van der Waals surface area contributed by atoms with Gasteiger partial charge in [-0.2, -0.15) is 10.4 Å². The molecule has 6 nitrogen and oxygen atoms in total. The Morgan fingerprint density at radius 3 is 2.76 bits per heavy atom. The van der Waals surface area contributed by atoms with Crippen LogP contribution in [0.5, 0.6) is 0 Å². The fourth-order valence-electron chi connectivity index (χ4n) is 3.03. The van der Waals surface area contributed by atoms with Crippen molar-refractivity contribution in [1.29, 1.82) is 5.26 Å². The zero-order valence-corrected chi connectivity index (χ0v) is 14.4. The van der Waals surface area contributed by atoms with Crippen molar-refractivity contribution < 1.29 is 4.79 Å². The number of para-hydroxylation sites is 1. The van der Waals surface area contributed by atoms with Crippen molar-refractivity contribution in [3.05, 3.63) is 48.3 Å². The first-order chi connectivity index (χ1) is 12.2. The molecule has 1 atom stereocenters. The molecular weight excluding hydrogens is 314 g/mol. The number of nitriles is 1. The Morgan fingerprint density at radius 2 is 2.08 bits per heavy atom. The number of likely N-dealkylation sites (tertiary alicyclic amines) is 1. The van der Waals surface area contributed by atoms with Gasteiger partial charge in [0.15, 0.2) is 0 Å². The maximum atomic E-state index is 12.3. The second-order valence-electron chi connectivity index (χ2n) is 6.64. The summed E-state index contributed by atoms with van der Waals surface area (Å²) in [6.45, 7) is 4.47. The highest BCUT2D eigenvalue weighted by Crippen LogP contribution is 2.17. The van der Waals surface area contributed by atoms with E-state index in [2.05, 4.69) is 28.3 Å². The van der Waals surface area contributed by atoms with Gasteiger partial charge >= 0.3 is 0 Å². The summed E-state index contributed by atoms with van der Waals surface area (Å²) in [6.07, 6.45) is 5.66. The van der Waals surface area contributed by atoms with Crippen LogP contribution in [0.2, 0.25) is 0 Å². The fraction of sp³-hybridized carbons (Fsp3) is 0.421. The normalized spacial score (nSPS) is 17.0. The largest absolute Gasteiger partial charge is 0.335 e. The number of benzene rings is 1. The fourth-order valence-corrected chi connectivity index (χ4v) is 3.03. The lowest BCUT2D eigenvalue weighted by molar-refractivity contribution is -0.123. The van der Waals surface area contributed by atoms with Crippen LogP contribution in [0.3, 0.4) is 0 Å². The molecule has 2 aromatic rings. The van der Waals surface area contributed by atoms with E-state index in [0.717, 1.165) is 37.5 Å². The molecule has 1 aliphatic heterocycles. The van der Waals surface area contributed by atoms with Crippen LogP contribution in [0.25, 0.3) is 5.69 Å². The van der Waals surface area contributed by atoms with Gasteiger partial charge in [0.1, 0.15) is 6.04 Å². The molecule has 0 saturated carbocycles. The number of hydrogen-bond donors (Lipinski definition) is 1. The van der Waals surface area contributed by atoms with Gasteiger partial charge in [-0.05, 0) is 44.0 Å². The first kappa shape index (κ1) is 17.2. The highest BCUT2D eigenvalue weighted by atomic mass is 16.2. The van der Waals surface area contributed by atoms with Crippen LogP contribution in [-0.4, -0.2) is 40.2 Å². The molecule has 1 saturated heterocycles. The van der Waals surface area contributed by atoms with Crippen molar-refractivity contribution in [3.8, 4) is 11.8 Å². The van der Waals surface area contributed by atoms with Crippen LogP contribution in [0, 0.1) is 17.2 Å². The predicted octanol–water partition coefficient (Wildman–Crippen LogP) is 2.29. The summed E-state index contributed by atoms with van der Waals surface area (Å²) in [4.78, 5) is 14.4. The smallest absolute Gasteiger partial charge is 0.235 e. The Morgan fingerprint density at radius 1 is 1.36 bits per heavy atom. The highest BCUT2D eigenvalue weighted by Gasteiger charge is 2.21. The molecule has 1 amide bonds. The van der Waals surface area contributed by atoms with Gasteiger partial charge in [-0.1, -0.05) is 25.1 Å². The van der Waals surface area contributed by atoms with Crippen LogP contribution in [0.1, 0.15) is 31.4 Å². The highest BCUT2D eigenvalue weighted by molar-refractivity contribution is 5.78. The molecule has 1 aromatic heterocycles. The van der Waals surface area contributed by atoms with Crippen molar-refractivity contribution >= 4 is 5.91 Å². The van der Waals surface area contributed by atoms with Gasteiger partial charge < -0.3 is 5.32 Å². The molecule has 1 unspecified atom stereocenters. The van der Waals surface area contributed by atoms with Gasteiger partial charge in [-0.25, -0.2) is 4.68 Å². The van der Waals surface area contributed by atoms with E-state index < -0.39 is 6.04 Å². The maximum Gasteiger partial charge on any atom is 0.235 e. The molecule has 0 aliphatic carbocycles. The third-order valence-corrected chi connectivity index (χ3v) is 4.63. The lowest BCUT2D eigenvalue weighted by Gasteiger charge is -2.29. The molecule has 1 aliphatic rings. The average molecular weight is 337 g/mol. The molecule has 1 N–H and O–H groups in total. The van der Waals surface area contributed by atoms with Crippen molar-refractivity contribution in [1.82, 2.24) is 20.0 Å². The molecule has 1 aromatic carbocycles. The first-order valence-corrected chi connectivity index (χ1v) is 8.67. The minimum Gasteiger partial charge on any atom is -0.335 e. The first-order valence-electron chi connectivity index (χ1n) is 8.67. The van der Waals surface area contributed by atoms with E-state index in [1.54, 1.807) is 17.1 Å². The second kappa shape index (κ2) is 7.95. The number of nitrogens with one attached hydrogen (secondary N) is 1. The van der Waals surface area contributed by atoms with Crippen LogP contribution in [0.15, 0.2) is 42.7 Å². The topological polar surface area (TPSA) is 74.0 Å². The zero-order chi connectivity index (χ0) is 17.6. The van der Waals surface area contributed by atoms with E-state index in [1.807, 2.05) is 30.3 Å². The average Bonchev–Trinajstić information content (AvgIpc) is 3.12. The van der Waals surface area contributed by atoms with E-state index >= 15 is 0 Å². The maximum absolute atomic E-state index is 12.3. The van der Waals surface area contributed by atoms with Gasteiger partial charge in [0, 0.05) is 11.8 Å². The lowest BCUT2D eigenvalue weighted by atomic mass is 9.99. The van der Waals surface area contributed by atoms with E-state index in [-0.39, 0.29) is 5.91 Å². The summed E-state index contributed by atoms with van der Waals surface area (Å²) < 4.78 is 1.71. The summed E-state index contributed by atoms with van der Waals surface area (Å²) in [5.74, 6) is 0.614. The van der Waals surface area contributed by atoms with Gasteiger partial charge in [0.2, 0.25) is 5.91 Å². The van der Waals surface area contributed by atoms with Gasteiger partial charge in [0.05, 0.1) is 24.5 Å². The number of piperidine rings is 1. The summed E-state index contributed by atoms with van der Waals surface area (Å²) in [5, 5.41) is 16.5. The molecule has 1 fully saturated rings. The van der Waals surface area contributed by atoms with E-state index in [0.29, 0.717) is 12.1 Å². The minimum absolute atomic E-state index is 0.117. The number of carbonyl (C=O) groups is 1. The SMILES string of the molecule is CC1CCN(CC(=O)NC(C#N)c2cnn(-c3ccccc3)c2)CC1. The Kier molecular flexibility index (Phi) is 5.46. The molecule has 0 bridgehead atoms. The Bertz CT molecular complexity index is 741. The number of rotatable bonds is 5. The minimum atomic E-state index is -0.686. The number of carbonyl (C=O) groups excluding carboxylic acids is 1. The van der Waals surface area contributed by atoms with Crippen molar-refractivity contribution in [3.63, 3.8) is 0 Å². The van der Waals surface area contributed by atoms with Crippen LogP contribution in [-0.2, 0) is 4.79 Å². The van der Waals surface area contributed by atoms with Crippen LogP contribution in [0.4, 0.5) is 0 Å². The number of hydrogen-bond acceptors (Lipinski definition) is 4. The van der Waals surface area contributed by atoms with Gasteiger partial charge in [0.25, 0.3) is 0 Å². The number of nitrogens with zero attached hydrogens (tertiary/aromatic N) is 4. The number of aromatic nitrogens is 2. The molecule has 3 rings (SSSR count). The van der Waals surface area contributed by atoms with Crippen molar-refractivity contribution in [2.45, 2.75) is 25.8 Å². The second-order valence-corrected chi connectivity index (χ2v) is 6.64. The Hall–Kier alpha value is -2.65. The third-order valence-electron chi connectivity index (χ3n) is 4.63. The summed E-state index contributed by atoms with van der Waals surface area (Å²) in [6, 6.07) is 11.1. The quantitative estimate of drug-likeness (QED) is 0.908. The molecule has 25 heavy (non-hydrogen) atoms. The number of amides is 1. The molecule has 0 spiro atoms. The summed E-state index contributed by atoms with van der Waals surface area (Å²) in [7, 11) is 0. The predicted molar refractivity (Wildman–Crippen MR) is 94.9 cm³/mol.